The molecule has 5 atom stereocenters. The van der Waals surface area contributed by atoms with Crippen molar-refractivity contribution in [3.63, 3.8) is 0 Å². The highest BCUT2D eigenvalue weighted by Gasteiger charge is 2.58. The Labute approximate surface area is 217 Å². The van der Waals surface area contributed by atoms with Gasteiger partial charge in [0.05, 0.1) is 24.5 Å². The highest BCUT2D eigenvalue weighted by atomic mass is 35.5. The van der Waals surface area contributed by atoms with E-state index in [2.05, 4.69) is 5.32 Å². The molecule has 2 fully saturated rings. The van der Waals surface area contributed by atoms with Gasteiger partial charge in [-0.3, -0.25) is 10.1 Å². The van der Waals surface area contributed by atoms with Crippen LogP contribution in [0.5, 0.6) is 5.75 Å². The van der Waals surface area contributed by atoms with Crippen molar-refractivity contribution in [1.29, 1.82) is 0 Å². The Bertz CT molecular complexity index is 1100. The van der Waals surface area contributed by atoms with E-state index in [0.29, 0.717) is 29.3 Å². The first-order chi connectivity index (χ1) is 16.9. The highest BCUT2D eigenvalue weighted by Crippen LogP contribution is 2.47. The van der Waals surface area contributed by atoms with E-state index in [9.17, 15) is 14.7 Å². The van der Waals surface area contributed by atoms with Crippen LogP contribution in [0.2, 0.25) is 5.02 Å². The largest absolute Gasteiger partial charge is 0.495 e. The summed E-state index contributed by atoms with van der Waals surface area (Å²) < 4.78 is 17.0. The molecule has 0 aromatic heterocycles. The van der Waals surface area contributed by atoms with E-state index in [1.54, 1.807) is 19.1 Å². The fourth-order valence-corrected chi connectivity index (χ4v) is 5.51. The van der Waals surface area contributed by atoms with E-state index in [1.807, 2.05) is 51.1 Å². The third kappa shape index (κ3) is 5.56. The Morgan fingerprint density at radius 3 is 2.78 bits per heavy atom. The minimum Gasteiger partial charge on any atom is -0.495 e. The third-order valence-electron chi connectivity index (χ3n) is 7.46. The lowest BCUT2D eigenvalue weighted by molar-refractivity contribution is -0.118. The number of carbonyl (C=O) groups excluding carboxylic acids is 2. The smallest absolute Gasteiger partial charge is 0.409 e. The monoisotopic (exact) mass is 518 g/mol. The minimum atomic E-state index is -1.40. The average molecular weight is 519 g/mol. The number of anilines is 1. The topological polar surface area (TPSA) is 101 Å². The van der Waals surface area contributed by atoms with Gasteiger partial charge in [-0.25, -0.2) is 4.79 Å². The summed E-state index contributed by atoms with van der Waals surface area (Å²) in [6.07, 6.45) is 6.20. The normalized spacial score (nSPS) is 35.6. The summed E-state index contributed by atoms with van der Waals surface area (Å²) in [6, 6.07) is 3.79. The van der Waals surface area contributed by atoms with E-state index in [4.69, 9.17) is 25.8 Å². The molecular weight excluding hydrogens is 484 g/mol. The number of carbonyl (C=O) groups is 2. The molecule has 3 heterocycles. The second kappa shape index (κ2) is 10.1. The van der Waals surface area contributed by atoms with Crippen LogP contribution in [0.15, 0.2) is 35.9 Å². The van der Waals surface area contributed by atoms with Crippen LogP contribution in [0.4, 0.5) is 10.5 Å². The van der Waals surface area contributed by atoms with Crippen LogP contribution >= 0.6 is 11.6 Å². The van der Waals surface area contributed by atoms with Gasteiger partial charge in [0.2, 0.25) is 5.91 Å². The molecular formula is C27H35ClN2O6. The molecule has 8 nitrogen and oxygen atoms in total. The highest BCUT2D eigenvalue weighted by molar-refractivity contribution is 6.35. The Morgan fingerprint density at radius 2 is 2.06 bits per heavy atom. The van der Waals surface area contributed by atoms with Gasteiger partial charge >= 0.3 is 6.09 Å². The molecule has 2 amide bonds. The molecule has 1 aromatic rings. The second-order valence-electron chi connectivity index (χ2n) is 10.4. The van der Waals surface area contributed by atoms with Crippen molar-refractivity contribution < 1.29 is 28.9 Å². The number of hydrogen-bond acceptors (Lipinski definition) is 6. The molecule has 2 saturated heterocycles. The van der Waals surface area contributed by atoms with Crippen LogP contribution in [0.25, 0.3) is 0 Å². The van der Waals surface area contributed by atoms with E-state index in [-0.39, 0.29) is 37.2 Å². The van der Waals surface area contributed by atoms with Crippen LogP contribution in [0.1, 0.15) is 52.0 Å². The maximum atomic E-state index is 13.2. The summed E-state index contributed by atoms with van der Waals surface area (Å²) in [5.74, 6) is 0.272. The molecule has 3 aliphatic rings. The summed E-state index contributed by atoms with van der Waals surface area (Å²) >= 11 is 6.59. The fourth-order valence-electron chi connectivity index (χ4n) is 5.19. The lowest BCUT2D eigenvalue weighted by Gasteiger charge is -2.38. The van der Waals surface area contributed by atoms with Crippen molar-refractivity contribution >= 4 is 29.3 Å². The molecule has 0 radical (unpaired) electrons. The summed E-state index contributed by atoms with van der Waals surface area (Å²) in [5, 5.41) is 14.0. The number of hydrogen-bond donors (Lipinski definition) is 2. The molecule has 0 spiro atoms. The minimum absolute atomic E-state index is 0.0879. The van der Waals surface area contributed by atoms with Crippen LogP contribution in [0, 0.1) is 5.92 Å². The van der Waals surface area contributed by atoms with Crippen molar-refractivity contribution in [3.8, 4) is 5.75 Å². The molecule has 0 aliphatic carbocycles. The van der Waals surface area contributed by atoms with Gasteiger partial charge in [-0.15, -0.1) is 0 Å². The van der Waals surface area contributed by atoms with Gasteiger partial charge in [0.1, 0.15) is 22.6 Å². The first-order valence-corrected chi connectivity index (χ1v) is 12.7. The number of benzene rings is 1. The Hall–Kier alpha value is -2.55. The molecule has 2 N–H and O–H groups in total. The first-order valence-electron chi connectivity index (χ1n) is 12.3. The molecule has 2 unspecified atom stereocenters. The van der Waals surface area contributed by atoms with Gasteiger partial charge in [0, 0.05) is 32.2 Å². The number of epoxide rings is 1. The zero-order valence-corrected chi connectivity index (χ0v) is 22.2. The van der Waals surface area contributed by atoms with Gasteiger partial charge in [0.15, 0.2) is 0 Å². The van der Waals surface area contributed by atoms with Gasteiger partial charge in [0.25, 0.3) is 0 Å². The summed E-state index contributed by atoms with van der Waals surface area (Å²) in [7, 11) is 3.27. The van der Waals surface area contributed by atoms with Crippen molar-refractivity contribution in [2.24, 2.45) is 5.92 Å². The number of ether oxygens (including phenoxy) is 3. The summed E-state index contributed by atoms with van der Waals surface area (Å²) in [5.41, 5.74) is 0.692. The number of halogens is 1. The van der Waals surface area contributed by atoms with Crippen molar-refractivity contribution in [1.82, 2.24) is 5.32 Å². The quantitative estimate of drug-likeness (QED) is 0.530. The van der Waals surface area contributed by atoms with Gasteiger partial charge in [-0.1, -0.05) is 42.3 Å². The maximum Gasteiger partial charge on any atom is 0.409 e. The van der Waals surface area contributed by atoms with Crippen molar-refractivity contribution in [3.05, 3.63) is 46.5 Å². The number of nitrogens with one attached hydrogen (secondary N) is 1. The molecule has 4 bridgehead atoms. The second-order valence-corrected chi connectivity index (χ2v) is 10.8. The van der Waals surface area contributed by atoms with Crippen LogP contribution in [0.3, 0.4) is 0 Å². The number of methoxy groups -OCH3 is 1. The van der Waals surface area contributed by atoms with Crippen molar-refractivity contribution in [2.45, 2.75) is 76.4 Å². The predicted octanol–water partition coefficient (Wildman–Crippen LogP) is 4.52. The number of allylic oxidation sites excluding steroid dienone is 3. The lowest BCUT2D eigenvalue weighted by atomic mass is 9.85. The van der Waals surface area contributed by atoms with E-state index < -0.39 is 23.5 Å². The predicted molar refractivity (Wildman–Crippen MR) is 137 cm³/mol. The molecule has 1 aromatic carbocycles. The van der Waals surface area contributed by atoms with Crippen LogP contribution < -0.4 is 15.0 Å². The molecule has 9 heteroatoms. The van der Waals surface area contributed by atoms with Crippen molar-refractivity contribution in [2.75, 3.05) is 19.1 Å². The standard InChI is InChI=1S/C27H35ClN2O6/c1-16-8-6-7-10-27(33)15-21(35-25(32)29-27)17(2)24-26(3,36-24)11-9-22(31)30(4)19-13-18(12-16)14-20(34-5)23(19)28/h6-8,13-14,17,21,24,33H,9-12,15H2,1-5H3,(H,29,32)/b7-6+,16-8+/t17-,21?,24?,26-,27+/m0/s1. The lowest BCUT2D eigenvalue weighted by Crippen LogP contribution is -2.57. The molecule has 196 valence electrons. The molecule has 4 rings (SSSR count). The molecule has 3 aliphatic heterocycles. The van der Waals surface area contributed by atoms with E-state index in [0.717, 1.165) is 11.1 Å². The SMILES string of the molecule is COc1cc2cc(c1Cl)N(C)C(=O)CC[C@]1(C)OC1[C@@H](C)C1C[C@](O)(C/C=C/C=C(\C)C2)NC(=O)O1. The summed E-state index contributed by atoms with van der Waals surface area (Å²) in [4.78, 5) is 27.0. The fraction of sp³-hybridized carbons (Fsp3) is 0.556. The zero-order valence-electron chi connectivity index (χ0n) is 21.5. The Kier molecular flexibility index (Phi) is 7.42. The number of nitrogens with zero attached hydrogens (tertiary/aromatic N) is 1. The third-order valence-corrected chi connectivity index (χ3v) is 7.84. The maximum absolute atomic E-state index is 13.2. The zero-order chi connectivity index (χ0) is 26.3. The number of amides is 2. The Balaban J connectivity index is 1.66. The van der Waals surface area contributed by atoms with Gasteiger partial charge < -0.3 is 24.2 Å². The summed E-state index contributed by atoms with van der Waals surface area (Å²) in [6.45, 7) is 5.92. The number of rotatable bonds is 1. The molecule has 36 heavy (non-hydrogen) atoms. The van der Waals surface area contributed by atoms with E-state index in [1.165, 1.54) is 0 Å². The number of fused-ring (bicyclic) bond motifs is 5. The first kappa shape index (κ1) is 26.5. The number of aliphatic hydroxyl groups is 1. The molecule has 0 saturated carbocycles. The van der Waals surface area contributed by atoms with Crippen LogP contribution in [-0.2, 0) is 20.7 Å². The van der Waals surface area contributed by atoms with Gasteiger partial charge in [-0.05, 0) is 44.4 Å². The van der Waals surface area contributed by atoms with Gasteiger partial charge in [-0.2, -0.15) is 0 Å². The van der Waals surface area contributed by atoms with E-state index >= 15 is 0 Å². The Morgan fingerprint density at radius 1 is 1.31 bits per heavy atom. The van der Waals surface area contributed by atoms with Crippen LogP contribution in [-0.4, -0.2) is 54.8 Å². The number of alkyl carbamates (subject to hydrolysis) is 1. The average Bonchev–Trinajstić information content (AvgIpc) is 3.50.